The Morgan fingerprint density at radius 3 is 2.20 bits per heavy atom. The van der Waals surface area contributed by atoms with E-state index in [1.165, 1.54) is 6.21 Å². The second kappa shape index (κ2) is 8.80. The number of nitrogens with one attached hydrogen (secondary N) is 3. The molecule has 0 spiro atoms. The number of amidine groups is 1. The van der Waals surface area contributed by atoms with Crippen LogP contribution in [0.5, 0.6) is 0 Å². The van der Waals surface area contributed by atoms with E-state index < -0.39 is 0 Å². The minimum absolute atomic E-state index is 0.318. The molecule has 1 aromatic heterocycles. The molecule has 0 unspecified atom stereocenters. The van der Waals surface area contributed by atoms with Gasteiger partial charge in [0, 0.05) is 40.0 Å². The van der Waals surface area contributed by atoms with Crippen molar-refractivity contribution in [1.82, 2.24) is 5.32 Å². The van der Waals surface area contributed by atoms with Crippen LogP contribution in [0.3, 0.4) is 0 Å². The summed E-state index contributed by atoms with van der Waals surface area (Å²) in [4.78, 5) is 0. The van der Waals surface area contributed by atoms with E-state index in [-0.39, 0.29) is 0 Å². The predicted molar refractivity (Wildman–Crippen MR) is 123 cm³/mol. The molecule has 4 aromatic rings. The molecule has 30 heavy (non-hydrogen) atoms. The number of furan rings is 1. The van der Waals surface area contributed by atoms with E-state index >= 15 is 0 Å². The van der Waals surface area contributed by atoms with Crippen LogP contribution in [0.4, 0.5) is 0 Å². The Labute approximate surface area is 180 Å². The molecule has 3 aromatic carbocycles. The van der Waals surface area contributed by atoms with Crippen LogP contribution in [0.25, 0.3) is 22.6 Å². The maximum absolute atomic E-state index is 8.54. The normalized spacial score (nSPS) is 10.6. The fourth-order valence-electron chi connectivity index (χ4n) is 3.28. The van der Waals surface area contributed by atoms with Crippen molar-refractivity contribution < 1.29 is 4.42 Å². The summed E-state index contributed by atoms with van der Waals surface area (Å²) in [5, 5.41) is 20.0. The molecule has 0 aliphatic carbocycles. The summed E-state index contributed by atoms with van der Waals surface area (Å²) in [6.45, 7) is 0.528. The summed E-state index contributed by atoms with van der Waals surface area (Å²) in [5.41, 5.74) is 4.30. The third-order valence-corrected chi connectivity index (χ3v) is 5.08. The first-order chi connectivity index (χ1) is 14.7. The van der Waals surface area contributed by atoms with E-state index in [2.05, 4.69) is 5.32 Å². The molecule has 4 nitrogen and oxygen atoms in total. The Bertz CT molecular complexity index is 1200. The zero-order valence-electron chi connectivity index (χ0n) is 16.2. The van der Waals surface area contributed by atoms with Gasteiger partial charge in [-0.15, -0.1) is 0 Å². The van der Waals surface area contributed by atoms with E-state index in [4.69, 9.17) is 26.8 Å². The van der Waals surface area contributed by atoms with Gasteiger partial charge in [0.05, 0.1) is 0 Å². The molecule has 0 atom stereocenters. The van der Waals surface area contributed by atoms with E-state index in [0.29, 0.717) is 28.9 Å². The zero-order valence-corrected chi connectivity index (χ0v) is 16.9. The fraction of sp³-hybridized carbons (Fsp3) is 0.0400. The molecule has 1 heterocycles. The molecule has 0 radical (unpaired) electrons. The molecule has 0 saturated carbocycles. The van der Waals surface area contributed by atoms with Crippen molar-refractivity contribution in [2.24, 2.45) is 0 Å². The van der Waals surface area contributed by atoms with Crippen LogP contribution >= 0.6 is 11.6 Å². The lowest BCUT2D eigenvalue weighted by molar-refractivity contribution is 0.597. The van der Waals surface area contributed by atoms with Gasteiger partial charge in [0.25, 0.3) is 0 Å². The second-order valence-electron chi connectivity index (χ2n) is 6.80. The van der Waals surface area contributed by atoms with Gasteiger partial charge >= 0.3 is 0 Å². The summed E-state index contributed by atoms with van der Waals surface area (Å²) in [5.74, 6) is 1.69. The van der Waals surface area contributed by atoms with Crippen LogP contribution < -0.4 is 5.32 Å². The molecule has 0 amide bonds. The molecule has 5 heteroatoms. The summed E-state index contributed by atoms with van der Waals surface area (Å²) >= 11 is 5.94. The largest absolute Gasteiger partial charge is 0.456 e. The highest BCUT2D eigenvalue weighted by atomic mass is 35.5. The minimum atomic E-state index is 0.318. The van der Waals surface area contributed by atoms with Crippen LogP contribution in [-0.4, -0.2) is 12.1 Å². The minimum Gasteiger partial charge on any atom is -0.456 e. The van der Waals surface area contributed by atoms with Crippen LogP contribution in [0, 0.1) is 10.8 Å². The molecule has 0 fully saturated rings. The zero-order chi connectivity index (χ0) is 20.9. The molecule has 0 aliphatic heterocycles. The Kier molecular flexibility index (Phi) is 5.77. The summed E-state index contributed by atoms with van der Waals surface area (Å²) in [7, 11) is 0. The van der Waals surface area contributed by atoms with Crippen LogP contribution in [0.15, 0.2) is 89.3 Å². The Hall–Kier alpha value is -3.63. The lowest BCUT2D eigenvalue weighted by atomic mass is 10.0. The smallest absolute Gasteiger partial charge is 0.135 e. The van der Waals surface area contributed by atoms with Crippen LogP contribution in [0.1, 0.15) is 16.7 Å². The Morgan fingerprint density at radius 1 is 0.833 bits per heavy atom. The molecular formula is C25H20ClN3O. The molecular weight excluding hydrogens is 394 g/mol. The predicted octanol–water partition coefficient (Wildman–Crippen LogP) is 6.38. The molecule has 3 N–H and O–H groups in total. The summed E-state index contributed by atoms with van der Waals surface area (Å²) in [6.07, 6.45) is 1.32. The number of rotatable bonds is 6. The molecule has 148 valence electrons. The topological polar surface area (TPSA) is 72.9 Å². The van der Waals surface area contributed by atoms with Crippen LogP contribution in [-0.2, 0) is 6.54 Å². The third-order valence-electron chi connectivity index (χ3n) is 4.83. The number of hydrogen-bond acceptors (Lipinski definition) is 3. The lowest BCUT2D eigenvalue weighted by Gasteiger charge is -2.12. The van der Waals surface area contributed by atoms with Crippen molar-refractivity contribution in [3.05, 3.63) is 107 Å². The first-order valence-corrected chi connectivity index (χ1v) is 9.90. The maximum atomic E-state index is 8.54. The monoisotopic (exact) mass is 413 g/mol. The first-order valence-electron chi connectivity index (χ1n) is 9.52. The van der Waals surface area contributed by atoms with Crippen molar-refractivity contribution in [3.8, 4) is 22.6 Å². The first kappa shape index (κ1) is 19.7. The van der Waals surface area contributed by atoms with E-state index in [9.17, 15) is 0 Å². The average molecular weight is 414 g/mol. The number of hydrogen-bond donors (Lipinski definition) is 3. The SMILES string of the molecule is N=Cc1ccccc1-c1ccc(-c2ccccc2C(=N)NCc2ccc(Cl)cc2)o1. The molecule has 0 aliphatic rings. The van der Waals surface area contributed by atoms with Crippen molar-refractivity contribution in [2.75, 3.05) is 0 Å². The van der Waals surface area contributed by atoms with Gasteiger partial charge in [0.1, 0.15) is 17.4 Å². The van der Waals surface area contributed by atoms with Gasteiger partial charge in [-0.05, 0) is 29.8 Å². The lowest BCUT2D eigenvalue weighted by Crippen LogP contribution is -2.23. The summed E-state index contributed by atoms with van der Waals surface area (Å²) < 4.78 is 6.12. The highest BCUT2D eigenvalue weighted by molar-refractivity contribution is 6.30. The average Bonchev–Trinajstić information content (AvgIpc) is 3.28. The second-order valence-corrected chi connectivity index (χ2v) is 7.23. The van der Waals surface area contributed by atoms with Gasteiger partial charge in [0.2, 0.25) is 0 Å². The third kappa shape index (κ3) is 4.19. The maximum Gasteiger partial charge on any atom is 0.135 e. The van der Waals surface area contributed by atoms with E-state index in [0.717, 1.165) is 27.8 Å². The van der Waals surface area contributed by atoms with Crippen molar-refractivity contribution in [1.29, 1.82) is 10.8 Å². The molecule has 4 rings (SSSR count). The fourth-order valence-corrected chi connectivity index (χ4v) is 3.40. The van der Waals surface area contributed by atoms with Gasteiger partial charge in [-0.1, -0.05) is 72.3 Å². The number of benzene rings is 3. The quantitative estimate of drug-likeness (QED) is 0.253. The molecule has 0 saturated heterocycles. The Balaban J connectivity index is 1.59. The Morgan fingerprint density at radius 2 is 1.47 bits per heavy atom. The highest BCUT2D eigenvalue weighted by Crippen LogP contribution is 2.31. The molecule has 0 bridgehead atoms. The van der Waals surface area contributed by atoms with Crippen molar-refractivity contribution in [2.45, 2.75) is 6.54 Å². The van der Waals surface area contributed by atoms with E-state index in [1.807, 2.05) is 84.9 Å². The van der Waals surface area contributed by atoms with Gasteiger partial charge in [0.15, 0.2) is 0 Å². The van der Waals surface area contributed by atoms with E-state index in [1.54, 1.807) is 0 Å². The van der Waals surface area contributed by atoms with Gasteiger partial charge < -0.3 is 15.1 Å². The van der Waals surface area contributed by atoms with Crippen molar-refractivity contribution >= 4 is 23.7 Å². The van der Waals surface area contributed by atoms with Gasteiger partial charge in [-0.3, -0.25) is 5.41 Å². The standard InChI is InChI=1S/C25H20ClN3O/c26-19-11-9-17(10-12-19)16-29-25(28)22-8-4-3-7-21(22)24-14-13-23(30-24)20-6-2-1-5-18(20)15-27/h1-15,27H,16H2,(H2,28,29). The van der Waals surface area contributed by atoms with Gasteiger partial charge in [-0.25, -0.2) is 0 Å². The van der Waals surface area contributed by atoms with Gasteiger partial charge in [-0.2, -0.15) is 0 Å². The van der Waals surface area contributed by atoms with Crippen molar-refractivity contribution in [3.63, 3.8) is 0 Å². The van der Waals surface area contributed by atoms with Crippen LogP contribution in [0.2, 0.25) is 5.02 Å². The highest BCUT2D eigenvalue weighted by Gasteiger charge is 2.14. The summed E-state index contributed by atoms with van der Waals surface area (Å²) in [6, 6.07) is 26.7. The number of halogens is 1.